The van der Waals surface area contributed by atoms with Gasteiger partial charge in [0.1, 0.15) is 5.82 Å². The van der Waals surface area contributed by atoms with E-state index in [9.17, 15) is 17.6 Å². The molecule has 2 aromatic rings. The molecule has 1 fully saturated rings. The van der Waals surface area contributed by atoms with Crippen molar-refractivity contribution in [3.8, 4) is 0 Å². The van der Waals surface area contributed by atoms with Crippen molar-refractivity contribution >= 4 is 21.6 Å². The first-order valence-electron chi connectivity index (χ1n) is 9.81. The highest BCUT2D eigenvalue weighted by atomic mass is 32.2. The van der Waals surface area contributed by atoms with Crippen LogP contribution in [-0.4, -0.2) is 57.4 Å². The summed E-state index contributed by atoms with van der Waals surface area (Å²) in [6.45, 7) is 6.03. The number of halogens is 1. The Morgan fingerprint density at radius 1 is 1.14 bits per heavy atom. The first kappa shape index (κ1) is 21.4. The second-order valence-corrected chi connectivity index (χ2v) is 9.10. The van der Waals surface area contributed by atoms with Crippen molar-refractivity contribution in [1.29, 1.82) is 0 Å². The predicted octanol–water partition coefficient (Wildman–Crippen LogP) is 1.16. The molecule has 1 N–H and O–H groups in total. The normalized spacial score (nSPS) is 17.1. The monoisotopic (exact) mass is 420 g/mol. The summed E-state index contributed by atoms with van der Waals surface area (Å²) in [5, 5.41) is 0. The number of para-hydroxylation sites is 1. The zero-order valence-corrected chi connectivity index (χ0v) is 17.5. The van der Waals surface area contributed by atoms with Crippen LogP contribution in [0.15, 0.2) is 59.5 Å². The summed E-state index contributed by atoms with van der Waals surface area (Å²) in [6.07, 6.45) is 0. The van der Waals surface area contributed by atoms with E-state index in [1.165, 1.54) is 22.5 Å². The number of benzene rings is 2. The van der Waals surface area contributed by atoms with Crippen molar-refractivity contribution in [2.75, 3.05) is 37.6 Å². The van der Waals surface area contributed by atoms with Gasteiger partial charge in [-0.05, 0) is 44.2 Å². The average molecular weight is 421 g/mol. The van der Waals surface area contributed by atoms with E-state index in [0.29, 0.717) is 32.7 Å². The fraction of sp³-hybridized carbons (Fsp3) is 0.381. The zero-order chi connectivity index (χ0) is 21.0. The molecule has 1 heterocycles. The number of sulfonamides is 1. The molecule has 1 amide bonds. The van der Waals surface area contributed by atoms with Gasteiger partial charge in [0.2, 0.25) is 10.0 Å². The molecule has 0 unspecified atom stereocenters. The van der Waals surface area contributed by atoms with Crippen LogP contribution in [0.1, 0.15) is 13.8 Å². The van der Waals surface area contributed by atoms with Crippen molar-refractivity contribution in [1.82, 2.24) is 4.31 Å². The highest BCUT2D eigenvalue weighted by molar-refractivity contribution is 7.89. The van der Waals surface area contributed by atoms with E-state index in [-0.39, 0.29) is 16.8 Å². The Hall–Kier alpha value is -2.29. The number of amides is 1. The van der Waals surface area contributed by atoms with Gasteiger partial charge in [-0.25, -0.2) is 12.8 Å². The van der Waals surface area contributed by atoms with Gasteiger partial charge in [0.25, 0.3) is 5.91 Å². The molecule has 156 valence electrons. The average Bonchev–Trinajstić information content (AvgIpc) is 2.74. The summed E-state index contributed by atoms with van der Waals surface area (Å²) < 4.78 is 40.3. The minimum Gasteiger partial charge on any atom is -0.323 e. The Morgan fingerprint density at radius 3 is 2.38 bits per heavy atom. The lowest BCUT2D eigenvalue weighted by Crippen LogP contribution is -3.19. The maximum Gasteiger partial charge on any atom is 0.284 e. The van der Waals surface area contributed by atoms with Gasteiger partial charge in [0.15, 0.2) is 6.04 Å². The minimum absolute atomic E-state index is 0.0233. The Kier molecular flexibility index (Phi) is 6.66. The van der Waals surface area contributed by atoms with E-state index < -0.39 is 15.8 Å². The highest BCUT2D eigenvalue weighted by Gasteiger charge is 2.36. The largest absolute Gasteiger partial charge is 0.323 e. The number of anilines is 1. The first-order valence-corrected chi connectivity index (χ1v) is 11.3. The molecule has 0 radical (unpaired) electrons. The molecular weight excluding hydrogens is 393 g/mol. The van der Waals surface area contributed by atoms with Crippen molar-refractivity contribution in [2.45, 2.75) is 24.8 Å². The van der Waals surface area contributed by atoms with Gasteiger partial charge >= 0.3 is 0 Å². The van der Waals surface area contributed by atoms with Crippen LogP contribution >= 0.6 is 0 Å². The van der Waals surface area contributed by atoms with Crippen molar-refractivity contribution in [2.24, 2.45) is 0 Å². The number of carbonyl (C=O) groups excluding carboxylic acids is 1. The summed E-state index contributed by atoms with van der Waals surface area (Å²) in [4.78, 5) is 15.8. The van der Waals surface area contributed by atoms with E-state index in [0.717, 1.165) is 16.7 Å². The fourth-order valence-electron chi connectivity index (χ4n) is 3.71. The summed E-state index contributed by atoms with van der Waals surface area (Å²) in [5.74, 6) is -0.551. The number of rotatable bonds is 6. The maximum atomic E-state index is 13.4. The number of nitrogens with zero attached hydrogens (tertiary/aromatic N) is 2. The molecule has 3 rings (SSSR count). The molecule has 0 aromatic heterocycles. The smallest absolute Gasteiger partial charge is 0.284 e. The van der Waals surface area contributed by atoms with Crippen LogP contribution in [0.5, 0.6) is 0 Å². The van der Waals surface area contributed by atoms with Crippen LogP contribution in [0.25, 0.3) is 0 Å². The topological polar surface area (TPSA) is 62.1 Å². The number of piperazine rings is 1. The third-order valence-corrected chi connectivity index (χ3v) is 7.33. The molecule has 29 heavy (non-hydrogen) atoms. The third kappa shape index (κ3) is 4.66. The van der Waals surface area contributed by atoms with Gasteiger partial charge in [-0.15, -0.1) is 0 Å². The summed E-state index contributed by atoms with van der Waals surface area (Å²) in [5.41, 5.74) is 0.860. The van der Waals surface area contributed by atoms with Crippen LogP contribution < -0.4 is 9.80 Å². The van der Waals surface area contributed by atoms with E-state index in [4.69, 9.17) is 0 Å². The molecule has 6 nitrogen and oxygen atoms in total. The van der Waals surface area contributed by atoms with E-state index in [1.807, 2.05) is 44.2 Å². The second-order valence-electron chi connectivity index (χ2n) is 7.16. The molecule has 1 atom stereocenters. The van der Waals surface area contributed by atoms with Crippen molar-refractivity contribution < 1.29 is 22.5 Å². The van der Waals surface area contributed by atoms with Gasteiger partial charge in [-0.2, -0.15) is 4.31 Å². The predicted molar refractivity (Wildman–Crippen MR) is 110 cm³/mol. The van der Waals surface area contributed by atoms with Gasteiger partial charge in [0.05, 0.1) is 31.1 Å². The molecule has 0 bridgehead atoms. The SMILES string of the molecule is CCN(C(=O)[C@H](C)[NH+]1CCN(S(=O)(=O)c2cccc(F)c2)CC1)c1ccccc1. The first-order chi connectivity index (χ1) is 13.8. The molecule has 8 heteroatoms. The number of hydrogen-bond acceptors (Lipinski definition) is 3. The lowest BCUT2D eigenvalue weighted by atomic mass is 10.2. The fourth-order valence-corrected chi connectivity index (χ4v) is 5.18. The number of carbonyl (C=O) groups is 1. The van der Waals surface area contributed by atoms with Crippen LogP contribution in [0.2, 0.25) is 0 Å². The summed E-state index contributed by atoms with van der Waals surface area (Å²) in [6, 6.07) is 14.3. The van der Waals surface area contributed by atoms with E-state index in [2.05, 4.69) is 0 Å². The van der Waals surface area contributed by atoms with Gasteiger partial charge in [-0.3, -0.25) is 4.79 Å². The Bertz CT molecular complexity index is 945. The number of hydrogen-bond donors (Lipinski definition) is 1. The Morgan fingerprint density at radius 2 is 1.79 bits per heavy atom. The van der Waals surface area contributed by atoms with Crippen molar-refractivity contribution in [3.05, 3.63) is 60.4 Å². The lowest BCUT2D eigenvalue weighted by molar-refractivity contribution is -0.917. The van der Waals surface area contributed by atoms with Gasteiger partial charge in [0, 0.05) is 12.2 Å². The van der Waals surface area contributed by atoms with Crippen LogP contribution in [0.4, 0.5) is 10.1 Å². The van der Waals surface area contributed by atoms with Gasteiger partial charge < -0.3 is 9.80 Å². The number of nitrogens with one attached hydrogen (secondary N) is 1. The molecule has 1 aliphatic rings. The molecular formula is C21H27FN3O3S+. The highest BCUT2D eigenvalue weighted by Crippen LogP contribution is 2.17. The number of likely N-dealkylation sites (N-methyl/N-ethyl adjacent to an activating group) is 1. The molecule has 0 saturated carbocycles. The minimum atomic E-state index is -3.73. The number of quaternary nitrogens is 1. The summed E-state index contributed by atoms with van der Waals surface area (Å²) >= 11 is 0. The van der Waals surface area contributed by atoms with E-state index in [1.54, 1.807) is 4.90 Å². The third-order valence-electron chi connectivity index (χ3n) is 5.43. The Balaban J connectivity index is 1.66. The molecule has 1 aliphatic heterocycles. The standard InChI is InChI=1S/C21H26FN3O3S/c1-3-25(19-9-5-4-6-10-19)21(26)17(2)23-12-14-24(15-13-23)29(27,28)20-11-7-8-18(22)16-20/h4-11,16-17H,3,12-15H2,1-2H3/p+1/t17-/m0/s1. The van der Waals surface area contributed by atoms with Crippen LogP contribution in [0, 0.1) is 5.82 Å². The Labute approximate surface area is 171 Å². The zero-order valence-electron chi connectivity index (χ0n) is 16.7. The van der Waals surface area contributed by atoms with Crippen LogP contribution in [0.3, 0.4) is 0 Å². The van der Waals surface area contributed by atoms with Crippen LogP contribution in [-0.2, 0) is 14.8 Å². The lowest BCUT2D eigenvalue weighted by Gasteiger charge is -2.35. The summed E-state index contributed by atoms with van der Waals surface area (Å²) in [7, 11) is -3.73. The molecule has 0 aliphatic carbocycles. The molecule has 0 spiro atoms. The van der Waals surface area contributed by atoms with Crippen molar-refractivity contribution in [3.63, 3.8) is 0 Å². The molecule has 1 saturated heterocycles. The molecule has 2 aromatic carbocycles. The quantitative estimate of drug-likeness (QED) is 0.763. The van der Waals surface area contributed by atoms with Gasteiger partial charge in [-0.1, -0.05) is 24.3 Å². The maximum absolute atomic E-state index is 13.4. The van der Waals surface area contributed by atoms with E-state index >= 15 is 0 Å². The second kappa shape index (κ2) is 9.02.